The van der Waals surface area contributed by atoms with E-state index in [0.717, 1.165) is 6.07 Å². The topological polar surface area (TPSA) is 91.7 Å². The number of carboxylic acid groups (broad SMARTS) is 1. The van der Waals surface area contributed by atoms with Gasteiger partial charge in [-0.3, -0.25) is 9.04 Å². The molecule has 0 aliphatic rings. The van der Waals surface area contributed by atoms with E-state index >= 15 is 0 Å². The van der Waals surface area contributed by atoms with Crippen LogP contribution >= 0.6 is 11.6 Å². The van der Waals surface area contributed by atoms with Gasteiger partial charge >= 0.3 is 21.6 Å². The van der Waals surface area contributed by atoms with E-state index in [2.05, 4.69) is 0 Å². The summed E-state index contributed by atoms with van der Waals surface area (Å²) in [4.78, 5) is 10.7. The number of benzene rings is 1. The Bertz CT molecular complexity index is 698. The third-order valence-corrected chi connectivity index (χ3v) is 3.18. The van der Waals surface area contributed by atoms with Gasteiger partial charge in [0.2, 0.25) is 0 Å². The van der Waals surface area contributed by atoms with E-state index in [1.807, 2.05) is 0 Å². The highest BCUT2D eigenvalue weighted by atomic mass is 35.5. The van der Waals surface area contributed by atoms with Crippen molar-refractivity contribution < 1.29 is 40.4 Å². The number of halogens is 5. The molecular weight excluding hydrogens is 370 g/mol. The summed E-state index contributed by atoms with van der Waals surface area (Å²) in [6.45, 7) is 0. The zero-order chi connectivity index (χ0) is 18.8. The molecule has 0 heterocycles. The van der Waals surface area contributed by atoms with Gasteiger partial charge in [-0.1, -0.05) is 11.6 Å². The Morgan fingerprint density at radius 1 is 1.22 bits per heavy atom. The van der Waals surface area contributed by atoms with Gasteiger partial charge in [0.15, 0.2) is 11.5 Å². The van der Waals surface area contributed by atoms with E-state index < -0.39 is 27.4 Å². The molecule has 0 aromatic heterocycles. The van der Waals surface area contributed by atoms with Gasteiger partial charge in [0, 0.05) is 6.07 Å². The van der Waals surface area contributed by atoms with Crippen molar-refractivity contribution in [1.29, 1.82) is 0 Å². The Labute approximate surface area is 134 Å². The van der Waals surface area contributed by atoms with Crippen LogP contribution in [-0.4, -0.2) is 50.7 Å². The van der Waals surface area contributed by atoms with Crippen LogP contribution in [0.4, 0.5) is 23.2 Å². The standard InChI is InChI=1S/C10H11ClFNO2.CHF3O3S/c1-13(2,3)9-5-7(11)6(10(14)15)4-8(9)12;2-1(3,4)8(5,6)7/h4-5H,1-3H3;(H,5,6,7)/p+1. The van der Waals surface area contributed by atoms with Crippen molar-refractivity contribution in [2.24, 2.45) is 0 Å². The second-order valence-electron chi connectivity index (χ2n) is 5.02. The molecule has 1 aromatic rings. The summed E-state index contributed by atoms with van der Waals surface area (Å²) in [5.74, 6) is -1.80. The Morgan fingerprint density at radius 3 is 1.87 bits per heavy atom. The highest BCUT2D eigenvalue weighted by molar-refractivity contribution is 7.86. The number of carboxylic acids is 1. The van der Waals surface area contributed by atoms with E-state index in [0.29, 0.717) is 5.69 Å². The summed E-state index contributed by atoms with van der Waals surface area (Å²) in [5, 5.41) is 8.78. The first kappa shape index (κ1) is 21.6. The maximum Gasteiger partial charge on any atom is 0.522 e. The summed E-state index contributed by atoms with van der Waals surface area (Å²) < 4.78 is 71.3. The van der Waals surface area contributed by atoms with Crippen molar-refractivity contribution in [3.05, 3.63) is 28.5 Å². The zero-order valence-corrected chi connectivity index (χ0v) is 13.6. The summed E-state index contributed by atoms with van der Waals surface area (Å²) in [6.07, 6.45) is 0. The average molecular weight is 383 g/mol. The first-order valence-electron chi connectivity index (χ1n) is 5.56. The summed E-state index contributed by atoms with van der Waals surface area (Å²) >= 11 is 5.74. The van der Waals surface area contributed by atoms with Crippen LogP contribution in [0, 0.1) is 5.82 Å². The Balaban J connectivity index is 0.000000515. The molecule has 0 saturated heterocycles. The summed E-state index contributed by atoms with van der Waals surface area (Å²) in [5.41, 5.74) is -5.40. The van der Waals surface area contributed by atoms with Crippen LogP contribution in [0.5, 0.6) is 0 Å². The normalized spacial score (nSPS) is 12.4. The van der Waals surface area contributed by atoms with Crippen molar-refractivity contribution in [2.75, 3.05) is 21.1 Å². The van der Waals surface area contributed by atoms with Gasteiger partial charge in [0.1, 0.15) is 0 Å². The van der Waals surface area contributed by atoms with Gasteiger partial charge in [-0.25, -0.2) is 9.18 Å². The van der Waals surface area contributed by atoms with Crippen molar-refractivity contribution in [1.82, 2.24) is 4.48 Å². The number of aromatic carboxylic acids is 1. The molecule has 0 aliphatic heterocycles. The van der Waals surface area contributed by atoms with E-state index in [-0.39, 0.29) is 15.1 Å². The second-order valence-corrected chi connectivity index (χ2v) is 6.84. The quantitative estimate of drug-likeness (QED) is 0.355. The number of carbonyl (C=O) groups is 1. The molecule has 0 spiro atoms. The smallest absolute Gasteiger partial charge is 0.478 e. The maximum absolute atomic E-state index is 13.5. The van der Waals surface area contributed by atoms with Crippen LogP contribution in [0.15, 0.2) is 12.1 Å². The molecule has 6 nitrogen and oxygen atoms in total. The highest BCUT2D eigenvalue weighted by Gasteiger charge is 2.44. The van der Waals surface area contributed by atoms with Gasteiger partial charge in [-0.05, 0) is 6.07 Å². The number of hydrogen-bond donors (Lipinski definition) is 2. The van der Waals surface area contributed by atoms with E-state index in [9.17, 15) is 22.4 Å². The van der Waals surface area contributed by atoms with Gasteiger partial charge in [-0.2, -0.15) is 21.6 Å². The molecule has 0 radical (unpaired) electrons. The minimum atomic E-state index is -5.84. The molecule has 1 aromatic carbocycles. The average Bonchev–Trinajstić information content (AvgIpc) is 2.28. The van der Waals surface area contributed by atoms with E-state index in [4.69, 9.17) is 29.7 Å². The zero-order valence-electron chi connectivity index (χ0n) is 12.0. The fourth-order valence-electron chi connectivity index (χ4n) is 1.21. The van der Waals surface area contributed by atoms with Gasteiger partial charge < -0.3 is 5.11 Å². The monoisotopic (exact) mass is 382 g/mol. The van der Waals surface area contributed by atoms with Gasteiger partial charge in [-0.15, -0.1) is 0 Å². The Hall–Kier alpha value is -1.43. The number of rotatable bonds is 2. The highest BCUT2D eigenvalue weighted by Crippen LogP contribution is 2.28. The molecule has 2 N–H and O–H groups in total. The molecule has 23 heavy (non-hydrogen) atoms. The molecule has 0 saturated carbocycles. The summed E-state index contributed by atoms with van der Waals surface area (Å²) in [6, 6.07) is 2.30. The molecule has 0 aliphatic carbocycles. The summed E-state index contributed by atoms with van der Waals surface area (Å²) in [7, 11) is -0.521. The van der Waals surface area contributed by atoms with Crippen LogP contribution in [0.25, 0.3) is 0 Å². The van der Waals surface area contributed by atoms with Crippen LogP contribution in [0.3, 0.4) is 0 Å². The van der Waals surface area contributed by atoms with Crippen molar-refractivity contribution in [3.8, 4) is 0 Å². The van der Waals surface area contributed by atoms with Crippen molar-refractivity contribution in [2.45, 2.75) is 5.51 Å². The number of nitrogens with zero attached hydrogens (tertiary/aromatic N) is 1. The fraction of sp³-hybridized carbons (Fsp3) is 0.364. The molecule has 0 amide bonds. The first-order chi connectivity index (χ1) is 9.98. The Kier molecular flexibility index (Phi) is 6.56. The molecule has 0 atom stereocenters. The number of alkyl halides is 3. The van der Waals surface area contributed by atoms with Crippen molar-refractivity contribution >= 4 is 33.4 Å². The second kappa shape index (κ2) is 6.99. The maximum atomic E-state index is 13.5. The van der Waals surface area contributed by atoms with E-state index in [1.54, 1.807) is 21.1 Å². The Morgan fingerprint density at radius 2 is 1.61 bits per heavy atom. The minimum Gasteiger partial charge on any atom is -0.478 e. The van der Waals surface area contributed by atoms with Crippen LogP contribution < -0.4 is 4.48 Å². The lowest BCUT2D eigenvalue weighted by Crippen LogP contribution is -2.35. The lowest BCUT2D eigenvalue weighted by Gasteiger charge is -2.24. The molecule has 12 heteroatoms. The molecule has 132 valence electrons. The third-order valence-electron chi connectivity index (χ3n) is 2.28. The molecular formula is C11H13ClF4NO5S+. The van der Waals surface area contributed by atoms with Gasteiger partial charge in [0.05, 0.1) is 31.7 Å². The lowest BCUT2D eigenvalue weighted by atomic mass is 10.1. The largest absolute Gasteiger partial charge is 0.522 e. The molecule has 1 rings (SSSR count). The van der Waals surface area contributed by atoms with Crippen molar-refractivity contribution in [3.63, 3.8) is 0 Å². The fourth-order valence-corrected chi connectivity index (χ4v) is 1.45. The molecule has 0 unspecified atom stereocenters. The first-order valence-corrected chi connectivity index (χ1v) is 7.38. The number of quaternary nitrogens is 1. The van der Waals surface area contributed by atoms with Crippen LogP contribution in [0.1, 0.15) is 10.4 Å². The predicted octanol–water partition coefficient (Wildman–Crippen LogP) is 2.77. The SMILES string of the molecule is C[N+](C)(C)c1cc(Cl)c(C(=O)O)cc1F.O=S(=O)(O)C(F)(F)F. The van der Waals surface area contributed by atoms with E-state index in [1.165, 1.54) is 6.07 Å². The minimum absolute atomic E-state index is 0.0481. The van der Waals surface area contributed by atoms with Crippen LogP contribution in [-0.2, 0) is 10.1 Å². The van der Waals surface area contributed by atoms with Crippen LogP contribution in [0.2, 0.25) is 5.02 Å². The molecule has 0 fully saturated rings. The third kappa shape index (κ3) is 6.29. The number of hydrogen-bond acceptors (Lipinski definition) is 3. The lowest BCUT2D eigenvalue weighted by molar-refractivity contribution is -0.0510. The predicted molar refractivity (Wildman–Crippen MR) is 75.5 cm³/mol. The molecule has 0 bridgehead atoms. The van der Waals surface area contributed by atoms with Gasteiger partial charge in [0.25, 0.3) is 0 Å².